The fourth-order valence-corrected chi connectivity index (χ4v) is 2.73. The van der Waals surface area contributed by atoms with Gasteiger partial charge in [-0.1, -0.05) is 12.1 Å². The molecule has 3 nitrogen and oxygen atoms in total. The summed E-state index contributed by atoms with van der Waals surface area (Å²) in [5.74, 6) is 1.37. The minimum Gasteiger partial charge on any atom is -0.352 e. The van der Waals surface area contributed by atoms with Crippen molar-refractivity contribution in [3.63, 3.8) is 0 Å². The van der Waals surface area contributed by atoms with Gasteiger partial charge in [-0.15, -0.1) is 0 Å². The van der Waals surface area contributed by atoms with E-state index in [0.29, 0.717) is 5.92 Å². The van der Waals surface area contributed by atoms with E-state index in [1.807, 2.05) is 12.1 Å². The van der Waals surface area contributed by atoms with Gasteiger partial charge in [0.05, 0.1) is 0 Å². The van der Waals surface area contributed by atoms with Crippen molar-refractivity contribution in [2.75, 3.05) is 19.6 Å². The molecule has 1 aromatic carbocycles. The molecule has 1 aromatic rings. The van der Waals surface area contributed by atoms with Gasteiger partial charge >= 0.3 is 0 Å². The van der Waals surface area contributed by atoms with Crippen LogP contribution < -0.4 is 10.6 Å². The number of carbonyl (C=O) groups excluding carboxylic acids is 1. The van der Waals surface area contributed by atoms with Gasteiger partial charge in [-0.25, -0.2) is 0 Å². The topological polar surface area (TPSA) is 41.1 Å². The fraction of sp³-hybridized carbons (Fsp3) is 0.562. The van der Waals surface area contributed by atoms with E-state index in [9.17, 15) is 4.79 Å². The maximum absolute atomic E-state index is 12.1. The van der Waals surface area contributed by atoms with Crippen molar-refractivity contribution in [3.05, 3.63) is 35.4 Å². The minimum absolute atomic E-state index is 0.0810. The molecule has 1 heterocycles. The van der Waals surface area contributed by atoms with E-state index in [-0.39, 0.29) is 5.91 Å². The first kappa shape index (κ1) is 12.7. The van der Waals surface area contributed by atoms with E-state index in [4.69, 9.17) is 0 Å². The van der Waals surface area contributed by atoms with Crippen LogP contribution in [-0.2, 0) is 0 Å². The second-order valence-corrected chi connectivity index (χ2v) is 5.82. The lowest BCUT2D eigenvalue weighted by atomic mass is 9.90. The third-order valence-corrected chi connectivity index (χ3v) is 4.17. The maximum Gasteiger partial charge on any atom is 0.251 e. The molecule has 3 heteroatoms. The first-order valence-corrected chi connectivity index (χ1v) is 7.42. The summed E-state index contributed by atoms with van der Waals surface area (Å²) in [5, 5.41) is 6.47. The first-order valence-electron chi connectivity index (χ1n) is 7.42. The van der Waals surface area contributed by atoms with E-state index < -0.39 is 0 Å². The lowest BCUT2D eigenvalue weighted by Gasteiger charge is -2.23. The van der Waals surface area contributed by atoms with Crippen molar-refractivity contribution >= 4 is 5.91 Å². The summed E-state index contributed by atoms with van der Waals surface area (Å²) in [4.78, 5) is 12.1. The van der Waals surface area contributed by atoms with Crippen LogP contribution in [0.5, 0.6) is 0 Å². The zero-order chi connectivity index (χ0) is 13.1. The van der Waals surface area contributed by atoms with Crippen molar-refractivity contribution in [1.82, 2.24) is 10.6 Å². The highest BCUT2D eigenvalue weighted by atomic mass is 16.1. The molecule has 2 N–H and O–H groups in total. The Morgan fingerprint density at radius 2 is 2.21 bits per heavy atom. The van der Waals surface area contributed by atoms with Crippen molar-refractivity contribution in [3.8, 4) is 0 Å². The Labute approximate surface area is 114 Å². The van der Waals surface area contributed by atoms with Crippen LogP contribution in [0.4, 0.5) is 0 Å². The number of hydrogen-bond acceptors (Lipinski definition) is 2. The molecule has 1 unspecified atom stereocenters. The Morgan fingerprint density at radius 3 is 2.95 bits per heavy atom. The first-order chi connectivity index (χ1) is 9.33. The fourth-order valence-electron chi connectivity index (χ4n) is 2.73. The summed E-state index contributed by atoms with van der Waals surface area (Å²) >= 11 is 0. The molecule has 0 bridgehead atoms. The molecule has 1 aliphatic heterocycles. The number of hydrogen-bond donors (Lipinski definition) is 2. The van der Waals surface area contributed by atoms with E-state index in [2.05, 4.69) is 22.8 Å². The van der Waals surface area contributed by atoms with Crippen LogP contribution in [0.15, 0.2) is 24.3 Å². The van der Waals surface area contributed by atoms with Crippen molar-refractivity contribution in [2.45, 2.75) is 31.6 Å². The third kappa shape index (κ3) is 3.35. The molecule has 3 rings (SSSR count). The van der Waals surface area contributed by atoms with Crippen molar-refractivity contribution < 1.29 is 4.79 Å². The molecule has 0 radical (unpaired) electrons. The molecule has 2 aliphatic rings. The Morgan fingerprint density at radius 1 is 1.32 bits per heavy atom. The number of piperidine rings is 1. The van der Waals surface area contributed by atoms with Crippen LogP contribution in [0.3, 0.4) is 0 Å². The molecule has 1 amide bonds. The summed E-state index contributed by atoms with van der Waals surface area (Å²) in [6, 6.07) is 8.15. The summed E-state index contributed by atoms with van der Waals surface area (Å²) in [6.07, 6.45) is 4.99. The average molecular weight is 258 g/mol. The van der Waals surface area contributed by atoms with Gasteiger partial charge < -0.3 is 10.6 Å². The lowest BCUT2D eigenvalue weighted by molar-refractivity contribution is 0.0951. The SMILES string of the molecule is O=C(NCC1CC1)c1cccc(C2CCCNC2)c1. The van der Waals surface area contributed by atoms with Crippen molar-refractivity contribution in [1.29, 1.82) is 0 Å². The van der Waals surface area contributed by atoms with Crippen LogP contribution in [0, 0.1) is 5.92 Å². The van der Waals surface area contributed by atoms with Gasteiger partial charge in [0.15, 0.2) is 0 Å². The van der Waals surface area contributed by atoms with Gasteiger partial charge in [0, 0.05) is 18.7 Å². The number of carbonyl (C=O) groups is 1. The Bertz CT molecular complexity index is 448. The van der Waals surface area contributed by atoms with Gasteiger partial charge in [-0.05, 0) is 61.8 Å². The van der Waals surface area contributed by atoms with E-state index >= 15 is 0 Å². The highest BCUT2D eigenvalue weighted by Crippen LogP contribution is 2.28. The second kappa shape index (κ2) is 5.74. The second-order valence-electron chi connectivity index (χ2n) is 5.82. The molecule has 0 spiro atoms. The van der Waals surface area contributed by atoms with Crippen LogP contribution in [-0.4, -0.2) is 25.5 Å². The molecule has 19 heavy (non-hydrogen) atoms. The Kier molecular flexibility index (Phi) is 3.83. The summed E-state index contributed by atoms with van der Waals surface area (Å²) in [6.45, 7) is 3.00. The predicted molar refractivity (Wildman–Crippen MR) is 76.3 cm³/mol. The summed E-state index contributed by atoms with van der Waals surface area (Å²) in [7, 11) is 0. The summed E-state index contributed by atoms with van der Waals surface area (Å²) < 4.78 is 0. The number of rotatable bonds is 4. The van der Waals surface area contributed by atoms with Gasteiger partial charge in [0.1, 0.15) is 0 Å². The molecular weight excluding hydrogens is 236 g/mol. The molecule has 1 saturated heterocycles. The van der Waals surface area contributed by atoms with Crippen LogP contribution in [0.1, 0.15) is 47.5 Å². The van der Waals surface area contributed by atoms with Gasteiger partial charge in [-0.3, -0.25) is 4.79 Å². The zero-order valence-electron chi connectivity index (χ0n) is 11.3. The van der Waals surface area contributed by atoms with Crippen LogP contribution in [0.2, 0.25) is 0 Å². The largest absolute Gasteiger partial charge is 0.352 e. The number of benzene rings is 1. The van der Waals surface area contributed by atoms with Gasteiger partial charge in [0.25, 0.3) is 5.91 Å². The summed E-state index contributed by atoms with van der Waals surface area (Å²) in [5.41, 5.74) is 2.11. The van der Waals surface area contributed by atoms with Gasteiger partial charge in [0.2, 0.25) is 0 Å². The van der Waals surface area contributed by atoms with Crippen LogP contribution in [0.25, 0.3) is 0 Å². The number of amides is 1. The standard InChI is InChI=1S/C16H22N2O/c19-16(18-10-12-6-7-12)14-4-1-3-13(9-14)15-5-2-8-17-11-15/h1,3-4,9,12,15,17H,2,5-8,10-11H2,(H,18,19). The lowest BCUT2D eigenvalue weighted by Crippen LogP contribution is -2.29. The molecule has 2 fully saturated rings. The van der Waals surface area contributed by atoms with E-state index in [1.165, 1.54) is 31.2 Å². The highest BCUT2D eigenvalue weighted by Gasteiger charge is 2.22. The molecule has 1 saturated carbocycles. The quantitative estimate of drug-likeness (QED) is 0.870. The average Bonchev–Trinajstić information content (AvgIpc) is 3.30. The molecule has 0 aromatic heterocycles. The van der Waals surface area contributed by atoms with E-state index in [1.54, 1.807) is 0 Å². The van der Waals surface area contributed by atoms with Crippen molar-refractivity contribution in [2.24, 2.45) is 5.92 Å². The predicted octanol–water partition coefficient (Wildman–Crippen LogP) is 2.29. The highest BCUT2D eigenvalue weighted by molar-refractivity contribution is 5.94. The van der Waals surface area contributed by atoms with Crippen LogP contribution >= 0.6 is 0 Å². The maximum atomic E-state index is 12.1. The molecule has 1 aliphatic carbocycles. The zero-order valence-corrected chi connectivity index (χ0v) is 11.3. The smallest absolute Gasteiger partial charge is 0.251 e. The van der Waals surface area contributed by atoms with E-state index in [0.717, 1.165) is 31.1 Å². The molecule has 1 atom stereocenters. The number of nitrogens with one attached hydrogen (secondary N) is 2. The minimum atomic E-state index is 0.0810. The Hall–Kier alpha value is -1.35. The molecule has 102 valence electrons. The van der Waals surface area contributed by atoms with Gasteiger partial charge in [-0.2, -0.15) is 0 Å². The normalized spacial score (nSPS) is 23.1. The monoisotopic (exact) mass is 258 g/mol. The Balaban J connectivity index is 1.65. The molecular formula is C16H22N2O. The third-order valence-electron chi connectivity index (χ3n) is 4.17.